The second-order valence-corrected chi connectivity index (χ2v) is 11.9. The van der Waals surface area contributed by atoms with Gasteiger partial charge in [-0.05, 0) is 96.0 Å². The van der Waals surface area contributed by atoms with Crippen LogP contribution in [0, 0.1) is 13.8 Å². The number of hydrogen-bond donors (Lipinski definition) is 3. The van der Waals surface area contributed by atoms with E-state index in [1.165, 1.54) is 17.0 Å². The van der Waals surface area contributed by atoms with Gasteiger partial charge in [-0.1, -0.05) is 41.5 Å². The van der Waals surface area contributed by atoms with E-state index in [9.17, 15) is 19.5 Å². The van der Waals surface area contributed by atoms with Crippen molar-refractivity contribution in [3.63, 3.8) is 0 Å². The van der Waals surface area contributed by atoms with E-state index in [1.54, 1.807) is 64.3 Å². The summed E-state index contributed by atoms with van der Waals surface area (Å²) in [6, 6.07) is 16.6. The number of hydrogen-bond acceptors (Lipinski definition) is 6. The summed E-state index contributed by atoms with van der Waals surface area (Å²) in [5.41, 5.74) is 3.01. The Bertz CT molecular complexity index is 1390. The molecule has 9 nitrogen and oxygen atoms in total. The molecule has 0 aliphatic carbocycles. The SMILES string of the molecule is COc1ccc(NC(=O)C(c2cc(C)cc(C)c2)N(C(=O)C(Cc2ccc(O)cc2)NC(=O)OC(C)(C)C)C(C)C)cc1. The van der Waals surface area contributed by atoms with Crippen molar-refractivity contribution < 1.29 is 29.0 Å². The van der Waals surface area contributed by atoms with Crippen LogP contribution in [-0.4, -0.2) is 52.7 Å². The Kier molecular flexibility index (Phi) is 10.8. The highest BCUT2D eigenvalue weighted by atomic mass is 16.6. The summed E-state index contributed by atoms with van der Waals surface area (Å²) >= 11 is 0. The molecule has 0 spiro atoms. The number of anilines is 1. The zero-order valence-electron chi connectivity index (χ0n) is 26.2. The predicted molar refractivity (Wildman–Crippen MR) is 167 cm³/mol. The number of carbonyl (C=O) groups is 3. The third-order valence-electron chi connectivity index (χ3n) is 6.62. The second kappa shape index (κ2) is 14.1. The van der Waals surface area contributed by atoms with E-state index in [0.29, 0.717) is 22.6 Å². The molecule has 2 atom stereocenters. The Hall–Kier alpha value is -4.53. The van der Waals surface area contributed by atoms with E-state index in [-0.39, 0.29) is 12.2 Å². The molecule has 3 N–H and O–H groups in total. The van der Waals surface area contributed by atoms with Crippen LogP contribution in [0.25, 0.3) is 0 Å². The lowest BCUT2D eigenvalue weighted by Gasteiger charge is -2.37. The number of nitrogens with one attached hydrogen (secondary N) is 2. The van der Waals surface area contributed by atoms with Gasteiger partial charge in [0.05, 0.1) is 7.11 Å². The van der Waals surface area contributed by atoms with E-state index in [0.717, 1.165) is 11.1 Å². The summed E-state index contributed by atoms with van der Waals surface area (Å²) in [5.74, 6) is -0.130. The first-order valence-corrected chi connectivity index (χ1v) is 14.3. The van der Waals surface area contributed by atoms with Gasteiger partial charge in [0.1, 0.15) is 29.2 Å². The highest BCUT2D eigenvalue weighted by Crippen LogP contribution is 2.29. The van der Waals surface area contributed by atoms with Crippen molar-refractivity contribution in [2.24, 2.45) is 0 Å². The molecule has 0 aliphatic rings. The molecule has 0 bridgehead atoms. The number of phenolic OH excluding ortho intramolecular Hbond substituents is 1. The number of aryl methyl sites for hydroxylation is 2. The minimum Gasteiger partial charge on any atom is -0.508 e. The minimum atomic E-state index is -1.07. The first-order valence-electron chi connectivity index (χ1n) is 14.3. The van der Waals surface area contributed by atoms with Gasteiger partial charge in [-0.25, -0.2) is 4.79 Å². The molecule has 0 fully saturated rings. The minimum absolute atomic E-state index is 0.0839. The Balaban J connectivity index is 2.07. The summed E-state index contributed by atoms with van der Waals surface area (Å²) in [6.07, 6.45) is -0.639. The number of amides is 3. The molecule has 0 aromatic heterocycles. The number of benzene rings is 3. The van der Waals surface area contributed by atoms with Crippen LogP contribution in [0.15, 0.2) is 66.7 Å². The van der Waals surface area contributed by atoms with Gasteiger partial charge >= 0.3 is 6.09 Å². The molecule has 9 heteroatoms. The van der Waals surface area contributed by atoms with Crippen LogP contribution >= 0.6 is 0 Å². The number of alkyl carbamates (subject to hydrolysis) is 1. The van der Waals surface area contributed by atoms with E-state index in [1.807, 2.05) is 45.9 Å². The lowest BCUT2D eigenvalue weighted by molar-refractivity contribution is -0.142. The molecule has 3 rings (SSSR count). The molecule has 43 heavy (non-hydrogen) atoms. The zero-order chi connectivity index (χ0) is 31.9. The van der Waals surface area contributed by atoms with Crippen LogP contribution in [0.2, 0.25) is 0 Å². The fourth-order valence-electron chi connectivity index (χ4n) is 4.87. The van der Waals surface area contributed by atoms with E-state index >= 15 is 0 Å². The third-order valence-corrected chi connectivity index (χ3v) is 6.62. The maximum atomic E-state index is 14.5. The summed E-state index contributed by atoms with van der Waals surface area (Å²) in [6.45, 7) is 12.8. The monoisotopic (exact) mass is 589 g/mol. The van der Waals surface area contributed by atoms with Crippen LogP contribution in [-0.2, 0) is 20.7 Å². The Morgan fingerprint density at radius 2 is 1.49 bits per heavy atom. The van der Waals surface area contributed by atoms with Gasteiger partial charge in [0.25, 0.3) is 5.91 Å². The number of aromatic hydroxyl groups is 1. The Morgan fingerprint density at radius 3 is 2.00 bits per heavy atom. The molecule has 0 saturated carbocycles. The lowest BCUT2D eigenvalue weighted by Crippen LogP contribution is -2.55. The molecular formula is C34H43N3O6. The number of rotatable bonds is 10. The number of carbonyl (C=O) groups excluding carboxylic acids is 3. The molecule has 0 aliphatic heterocycles. The van der Waals surface area contributed by atoms with Crippen LogP contribution < -0.4 is 15.4 Å². The van der Waals surface area contributed by atoms with Gasteiger partial charge in [-0.3, -0.25) is 9.59 Å². The molecule has 0 radical (unpaired) electrons. The quantitative estimate of drug-likeness (QED) is 0.264. The molecule has 2 unspecified atom stereocenters. The Labute approximate surface area is 254 Å². The molecule has 230 valence electrons. The van der Waals surface area contributed by atoms with Crippen molar-refractivity contribution in [3.8, 4) is 11.5 Å². The van der Waals surface area contributed by atoms with Crippen LogP contribution in [0.5, 0.6) is 11.5 Å². The average Bonchev–Trinajstić information content (AvgIpc) is 2.90. The largest absolute Gasteiger partial charge is 0.508 e. The topological polar surface area (TPSA) is 117 Å². The molecular weight excluding hydrogens is 546 g/mol. The normalized spacial score (nSPS) is 12.7. The molecule has 3 aromatic carbocycles. The van der Waals surface area contributed by atoms with Gasteiger partial charge in [-0.2, -0.15) is 0 Å². The summed E-state index contributed by atoms with van der Waals surface area (Å²) in [7, 11) is 1.57. The van der Waals surface area contributed by atoms with Crippen LogP contribution in [0.1, 0.15) is 62.9 Å². The van der Waals surface area contributed by atoms with Gasteiger partial charge in [0, 0.05) is 18.2 Å². The van der Waals surface area contributed by atoms with Gasteiger partial charge in [0.2, 0.25) is 5.91 Å². The zero-order valence-corrected chi connectivity index (χ0v) is 26.2. The fraction of sp³-hybridized carbons (Fsp3) is 0.382. The number of ether oxygens (including phenoxy) is 2. The van der Waals surface area contributed by atoms with E-state index in [2.05, 4.69) is 10.6 Å². The lowest BCUT2D eigenvalue weighted by atomic mass is 9.96. The van der Waals surface area contributed by atoms with Crippen LogP contribution in [0.4, 0.5) is 10.5 Å². The van der Waals surface area contributed by atoms with Crippen molar-refractivity contribution in [2.45, 2.75) is 78.6 Å². The number of phenols is 1. The smallest absolute Gasteiger partial charge is 0.408 e. The van der Waals surface area contributed by atoms with Gasteiger partial charge in [-0.15, -0.1) is 0 Å². The second-order valence-electron chi connectivity index (χ2n) is 11.9. The standard InChI is InChI=1S/C34H43N3O6/c1-21(2)37(32(40)29(36-33(41)43-34(5,6)7)20-24-9-13-27(38)14-10-24)30(25-18-22(3)17-23(4)19-25)31(39)35-26-11-15-28(42-8)16-12-26/h9-19,21,29-30,38H,20H2,1-8H3,(H,35,39)(H,36,41). The van der Waals surface area contributed by atoms with Crippen LogP contribution in [0.3, 0.4) is 0 Å². The number of nitrogens with zero attached hydrogens (tertiary/aromatic N) is 1. The van der Waals surface area contributed by atoms with E-state index < -0.39 is 41.6 Å². The van der Waals surface area contributed by atoms with Crippen molar-refractivity contribution in [1.29, 1.82) is 0 Å². The first kappa shape index (κ1) is 33.0. The molecule has 3 amide bonds. The summed E-state index contributed by atoms with van der Waals surface area (Å²) < 4.78 is 10.7. The van der Waals surface area contributed by atoms with Crippen molar-refractivity contribution in [1.82, 2.24) is 10.2 Å². The van der Waals surface area contributed by atoms with Crippen molar-refractivity contribution in [3.05, 3.63) is 89.0 Å². The highest BCUT2D eigenvalue weighted by Gasteiger charge is 2.38. The number of methoxy groups -OCH3 is 1. The summed E-state index contributed by atoms with van der Waals surface area (Å²) in [4.78, 5) is 43.0. The first-order chi connectivity index (χ1) is 20.2. The van der Waals surface area contributed by atoms with Crippen molar-refractivity contribution >= 4 is 23.6 Å². The Morgan fingerprint density at radius 1 is 0.907 bits per heavy atom. The molecule has 3 aromatic rings. The fourth-order valence-corrected chi connectivity index (χ4v) is 4.87. The van der Waals surface area contributed by atoms with Crippen molar-refractivity contribution in [2.75, 3.05) is 12.4 Å². The van der Waals surface area contributed by atoms with E-state index in [4.69, 9.17) is 9.47 Å². The predicted octanol–water partition coefficient (Wildman–Crippen LogP) is 6.07. The maximum absolute atomic E-state index is 14.5. The summed E-state index contributed by atoms with van der Waals surface area (Å²) in [5, 5.41) is 15.5. The highest BCUT2D eigenvalue weighted by molar-refractivity contribution is 5.99. The average molecular weight is 590 g/mol. The van der Waals surface area contributed by atoms with Gasteiger partial charge < -0.3 is 30.1 Å². The maximum Gasteiger partial charge on any atom is 0.408 e. The third kappa shape index (κ3) is 9.49. The van der Waals surface area contributed by atoms with Gasteiger partial charge in [0.15, 0.2) is 0 Å². The molecule has 0 saturated heterocycles. The molecule has 0 heterocycles.